The lowest BCUT2D eigenvalue weighted by Gasteiger charge is -2.38. The molecule has 0 radical (unpaired) electrons. The van der Waals surface area contributed by atoms with Crippen LogP contribution in [0.4, 0.5) is 14.7 Å². The van der Waals surface area contributed by atoms with Crippen molar-refractivity contribution >= 4 is 11.7 Å². The van der Waals surface area contributed by atoms with Gasteiger partial charge in [-0.25, -0.2) is 13.5 Å². The number of rotatable bonds is 2. The summed E-state index contributed by atoms with van der Waals surface area (Å²) in [5, 5.41) is 7.93. The van der Waals surface area contributed by atoms with Gasteiger partial charge in [0.25, 0.3) is 0 Å². The number of fused-ring (bicyclic) bond motifs is 1. The normalized spacial score (nSPS) is 19.9. The quantitative estimate of drug-likeness (QED) is 0.659. The minimum atomic E-state index is -0.498. The lowest BCUT2D eigenvalue weighted by molar-refractivity contribution is -0.118. The third-order valence-electron chi connectivity index (χ3n) is 5.62. The van der Waals surface area contributed by atoms with Crippen LogP contribution in [0.2, 0.25) is 0 Å². The molecule has 152 valence electrons. The van der Waals surface area contributed by atoms with Gasteiger partial charge in [-0.3, -0.25) is 4.79 Å². The van der Waals surface area contributed by atoms with E-state index in [9.17, 15) is 13.6 Å². The van der Waals surface area contributed by atoms with Gasteiger partial charge in [0.1, 0.15) is 17.7 Å². The molecular weight excluding hydrogens is 386 g/mol. The van der Waals surface area contributed by atoms with E-state index in [4.69, 9.17) is 0 Å². The molecule has 1 aliphatic heterocycles. The Labute approximate surface area is 172 Å². The Morgan fingerprint density at radius 1 is 1.00 bits per heavy atom. The fourth-order valence-electron chi connectivity index (χ4n) is 4.28. The lowest BCUT2D eigenvalue weighted by Crippen LogP contribution is -2.36. The van der Waals surface area contributed by atoms with Crippen LogP contribution in [0.5, 0.6) is 0 Å². The molecule has 2 aliphatic rings. The van der Waals surface area contributed by atoms with Crippen LogP contribution in [0.1, 0.15) is 38.3 Å². The molecule has 5 nitrogen and oxygen atoms in total. The van der Waals surface area contributed by atoms with Crippen molar-refractivity contribution in [3.05, 3.63) is 77.0 Å². The van der Waals surface area contributed by atoms with Crippen LogP contribution in [0.25, 0.3) is 11.4 Å². The van der Waals surface area contributed by atoms with Crippen LogP contribution in [0.15, 0.2) is 59.8 Å². The maximum Gasteiger partial charge on any atom is 0.226 e. The summed E-state index contributed by atoms with van der Waals surface area (Å²) < 4.78 is 28.6. The highest BCUT2D eigenvalue weighted by atomic mass is 19.1. The number of carbonyl (C=O) groups is 1. The van der Waals surface area contributed by atoms with E-state index in [0.717, 1.165) is 11.3 Å². The smallest absolute Gasteiger partial charge is 0.226 e. The number of anilines is 1. The van der Waals surface area contributed by atoms with Crippen LogP contribution in [0, 0.1) is 17.0 Å². The minimum absolute atomic E-state index is 0.0487. The van der Waals surface area contributed by atoms with E-state index in [0.29, 0.717) is 35.8 Å². The average Bonchev–Trinajstić information content (AvgIpc) is 3.10. The summed E-state index contributed by atoms with van der Waals surface area (Å²) >= 11 is 0. The molecule has 2 heterocycles. The summed E-state index contributed by atoms with van der Waals surface area (Å²) in [7, 11) is 0. The molecule has 5 rings (SSSR count). The molecular formula is C23H20F2N4O. The largest absolute Gasteiger partial charge is 0.328 e. The van der Waals surface area contributed by atoms with Crippen molar-refractivity contribution < 1.29 is 13.6 Å². The Morgan fingerprint density at radius 2 is 1.63 bits per heavy atom. The fraction of sp³-hybridized carbons (Fsp3) is 0.261. The predicted octanol–water partition coefficient (Wildman–Crippen LogP) is 4.88. The first-order chi connectivity index (χ1) is 14.3. The number of benzene rings is 2. The maximum atomic E-state index is 13.6. The number of ketones is 1. The van der Waals surface area contributed by atoms with E-state index in [2.05, 4.69) is 29.2 Å². The summed E-state index contributed by atoms with van der Waals surface area (Å²) in [6.45, 7) is 4.12. The monoisotopic (exact) mass is 406 g/mol. The summed E-state index contributed by atoms with van der Waals surface area (Å²) in [5.41, 5.74) is 2.73. The fourth-order valence-corrected chi connectivity index (χ4v) is 4.28. The molecule has 1 unspecified atom stereocenters. The van der Waals surface area contributed by atoms with Gasteiger partial charge in [-0.1, -0.05) is 26.0 Å². The van der Waals surface area contributed by atoms with E-state index in [-0.39, 0.29) is 22.8 Å². The Hall–Kier alpha value is -3.35. The van der Waals surface area contributed by atoms with Crippen molar-refractivity contribution in [2.45, 2.75) is 32.7 Å². The number of allylic oxidation sites excluding steroid dienone is 2. The molecule has 3 aromatic rings. The number of Topliss-reactive ketones (excluding diaryl/α,β-unsaturated/α-hetero) is 1. The van der Waals surface area contributed by atoms with Gasteiger partial charge in [-0.2, -0.15) is 4.98 Å². The molecule has 1 N–H and O–H groups in total. The Morgan fingerprint density at radius 3 is 2.30 bits per heavy atom. The molecule has 0 fully saturated rings. The van der Waals surface area contributed by atoms with E-state index >= 15 is 0 Å². The van der Waals surface area contributed by atoms with Gasteiger partial charge in [0.15, 0.2) is 11.6 Å². The van der Waals surface area contributed by atoms with Crippen molar-refractivity contribution in [3.63, 3.8) is 0 Å². The van der Waals surface area contributed by atoms with Gasteiger partial charge < -0.3 is 5.32 Å². The van der Waals surface area contributed by atoms with Crippen LogP contribution in [-0.4, -0.2) is 20.5 Å². The summed E-state index contributed by atoms with van der Waals surface area (Å²) in [5.74, 6) is 0.301. The Bertz CT molecular complexity index is 1180. The standard InChI is InChI=1S/C23H20F2N4O/c1-23(2)11-17-19(18(30)12-23)20(13-3-7-15(24)8-4-13)29-22(26-17)27-21(28-29)14-5-9-16(25)10-6-14/h3-10,20H,11-12H2,1-2H3,(H,26,27,28). The molecule has 1 aromatic heterocycles. The number of aromatic nitrogens is 3. The average molecular weight is 406 g/mol. The molecule has 7 heteroatoms. The molecule has 0 spiro atoms. The zero-order valence-electron chi connectivity index (χ0n) is 16.6. The van der Waals surface area contributed by atoms with E-state index in [1.54, 1.807) is 28.9 Å². The topological polar surface area (TPSA) is 59.8 Å². The first-order valence-electron chi connectivity index (χ1n) is 9.82. The van der Waals surface area contributed by atoms with Gasteiger partial charge >= 0.3 is 0 Å². The third kappa shape index (κ3) is 3.10. The number of nitrogens with zero attached hydrogens (tertiary/aromatic N) is 3. The van der Waals surface area contributed by atoms with E-state index in [1.807, 2.05) is 0 Å². The van der Waals surface area contributed by atoms with Crippen molar-refractivity contribution in [2.75, 3.05) is 5.32 Å². The van der Waals surface area contributed by atoms with Gasteiger partial charge in [0.2, 0.25) is 5.95 Å². The molecule has 0 amide bonds. The van der Waals surface area contributed by atoms with E-state index in [1.165, 1.54) is 24.3 Å². The number of hydrogen-bond acceptors (Lipinski definition) is 4. The highest BCUT2D eigenvalue weighted by Gasteiger charge is 2.41. The summed E-state index contributed by atoms with van der Waals surface area (Å²) in [4.78, 5) is 17.8. The zero-order valence-corrected chi connectivity index (χ0v) is 16.6. The zero-order chi connectivity index (χ0) is 21.0. The first-order valence-corrected chi connectivity index (χ1v) is 9.82. The molecule has 30 heavy (non-hydrogen) atoms. The molecule has 2 aromatic carbocycles. The van der Waals surface area contributed by atoms with Crippen molar-refractivity contribution in [1.29, 1.82) is 0 Å². The van der Waals surface area contributed by atoms with Crippen molar-refractivity contribution in [3.8, 4) is 11.4 Å². The number of halogens is 2. The van der Waals surface area contributed by atoms with Gasteiger partial charge in [-0.15, -0.1) is 5.10 Å². The number of hydrogen-bond donors (Lipinski definition) is 1. The molecule has 0 bridgehead atoms. The second-order valence-electron chi connectivity index (χ2n) is 8.62. The van der Waals surface area contributed by atoms with Gasteiger partial charge in [0.05, 0.1) is 0 Å². The maximum absolute atomic E-state index is 13.6. The highest BCUT2D eigenvalue weighted by molar-refractivity contribution is 6.00. The highest BCUT2D eigenvalue weighted by Crippen LogP contribution is 2.45. The first kappa shape index (κ1) is 18.7. The second-order valence-corrected chi connectivity index (χ2v) is 8.62. The van der Waals surface area contributed by atoms with Gasteiger partial charge in [0, 0.05) is 23.3 Å². The molecule has 0 saturated heterocycles. The summed E-state index contributed by atoms with van der Waals surface area (Å²) in [6, 6.07) is 11.6. The second kappa shape index (κ2) is 6.58. The number of carbonyl (C=O) groups excluding carboxylic acids is 1. The predicted molar refractivity (Wildman–Crippen MR) is 109 cm³/mol. The van der Waals surface area contributed by atoms with Crippen LogP contribution >= 0.6 is 0 Å². The van der Waals surface area contributed by atoms with Crippen LogP contribution in [-0.2, 0) is 4.79 Å². The van der Waals surface area contributed by atoms with Crippen molar-refractivity contribution in [1.82, 2.24) is 14.8 Å². The Kier molecular flexibility index (Phi) is 4.10. The lowest BCUT2D eigenvalue weighted by atomic mass is 9.73. The third-order valence-corrected chi connectivity index (χ3v) is 5.62. The molecule has 1 atom stereocenters. The summed E-state index contributed by atoms with van der Waals surface area (Å²) in [6.07, 6.45) is 1.13. The Balaban J connectivity index is 1.67. The molecule has 0 saturated carbocycles. The van der Waals surface area contributed by atoms with E-state index < -0.39 is 6.04 Å². The van der Waals surface area contributed by atoms with Gasteiger partial charge in [-0.05, 0) is 53.8 Å². The minimum Gasteiger partial charge on any atom is -0.328 e. The number of nitrogens with one attached hydrogen (secondary N) is 1. The van der Waals surface area contributed by atoms with Crippen LogP contribution < -0.4 is 5.32 Å². The SMILES string of the molecule is CC1(C)CC(=O)C2=C(C1)Nc1nc(-c3ccc(F)cc3)nn1C2c1ccc(F)cc1. The van der Waals surface area contributed by atoms with Crippen molar-refractivity contribution in [2.24, 2.45) is 5.41 Å². The molecule has 1 aliphatic carbocycles. The van der Waals surface area contributed by atoms with Crippen LogP contribution in [0.3, 0.4) is 0 Å².